The van der Waals surface area contributed by atoms with Crippen LogP contribution in [0, 0.1) is 0 Å². The van der Waals surface area contributed by atoms with Gasteiger partial charge in [-0.25, -0.2) is 0 Å². The second-order valence-corrected chi connectivity index (χ2v) is 8.88. The maximum atomic E-state index is 5.76. The fourth-order valence-corrected chi connectivity index (χ4v) is 5.10. The molecule has 0 aliphatic carbocycles. The molecule has 3 aromatic carbocycles. The Morgan fingerprint density at radius 2 is 1.60 bits per heavy atom. The summed E-state index contributed by atoms with van der Waals surface area (Å²) in [6.45, 7) is 3.99. The second-order valence-electron chi connectivity index (χ2n) is 8.07. The zero-order valence-corrected chi connectivity index (χ0v) is 20.8. The van der Waals surface area contributed by atoms with E-state index in [1.165, 1.54) is 17.6 Å². The van der Waals surface area contributed by atoms with Crippen LogP contribution < -0.4 is 29.1 Å². The zero-order valence-electron chi connectivity index (χ0n) is 20.0. The third-order valence-electron chi connectivity index (χ3n) is 6.05. The number of piperazine rings is 1. The molecule has 5 rings (SSSR count). The van der Waals surface area contributed by atoms with Crippen LogP contribution in [0.5, 0.6) is 17.2 Å². The molecule has 4 aromatic rings. The molecule has 0 spiro atoms. The molecule has 1 aliphatic heterocycles. The van der Waals surface area contributed by atoms with E-state index in [1.807, 2.05) is 30.3 Å². The normalized spacial score (nSPS) is 13.6. The SMILES string of the molecule is COc1cccc(OC)c1SNc1noc2cc(-c3cccc(N4CCNCC4)c3)cc(OC)c12. The van der Waals surface area contributed by atoms with Crippen molar-refractivity contribution in [1.82, 2.24) is 10.5 Å². The van der Waals surface area contributed by atoms with Gasteiger partial charge in [0.15, 0.2) is 11.4 Å². The number of methoxy groups -OCH3 is 3. The summed E-state index contributed by atoms with van der Waals surface area (Å²) < 4.78 is 25.7. The van der Waals surface area contributed by atoms with E-state index in [0.717, 1.165) is 47.6 Å². The summed E-state index contributed by atoms with van der Waals surface area (Å²) in [5, 5.41) is 8.45. The molecule has 2 heterocycles. The van der Waals surface area contributed by atoms with Crippen molar-refractivity contribution >= 4 is 34.4 Å². The van der Waals surface area contributed by atoms with Crippen molar-refractivity contribution in [2.75, 3.05) is 57.1 Å². The number of ether oxygens (including phenoxy) is 3. The Morgan fingerprint density at radius 3 is 2.31 bits per heavy atom. The molecule has 0 bridgehead atoms. The Kier molecular flexibility index (Phi) is 6.87. The first kappa shape index (κ1) is 23.2. The topological polar surface area (TPSA) is 81.0 Å². The fraction of sp³-hybridized carbons (Fsp3) is 0.269. The molecule has 0 amide bonds. The molecule has 8 nitrogen and oxygen atoms in total. The summed E-state index contributed by atoms with van der Waals surface area (Å²) in [7, 11) is 4.92. The first-order valence-corrected chi connectivity index (χ1v) is 12.2. The van der Waals surface area contributed by atoms with Crippen LogP contribution in [0.15, 0.2) is 64.0 Å². The van der Waals surface area contributed by atoms with Crippen molar-refractivity contribution in [3.05, 3.63) is 54.6 Å². The molecule has 1 saturated heterocycles. The summed E-state index contributed by atoms with van der Waals surface area (Å²) in [5.74, 6) is 2.65. The molecule has 0 unspecified atom stereocenters. The van der Waals surface area contributed by atoms with Crippen LogP contribution in [0.4, 0.5) is 11.5 Å². The summed E-state index contributed by atoms with van der Waals surface area (Å²) >= 11 is 1.34. The van der Waals surface area contributed by atoms with E-state index in [0.29, 0.717) is 28.6 Å². The van der Waals surface area contributed by atoms with E-state index in [1.54, 1.807) is 21.3 Å². The molecule has 35 heavy (non-hydrogen) atoms. The van der Waals surface area contributed by atoms with E-state index < -0.39 is 0 Å². The highest BCUT2D eigenvalue weighted by Crippen LogP contribution is 2.42. The first-order valence-electron chi connectivity index (χ1n) is 11.4. The van der Waals surface area contributed by atoms with Crippen molar-refractivity contribution in [3.63, 3.8) is 0 Å². The zero-order chi connectivity index (χ0) is 24.2. The quantitative estimate of drug-likeness (QED) is 0.328. The number of benzene rings is 3. The number of nitrogens with one attached hydrogen (secondary N) is 2. The monoisotopic (exact) mass is 492 g/mol. The van der Waals surface area contributed by atoms with Gasteiger partial charge in [0.05, 0.1) is 21.3 Å². The van der Waals surface area contributed by atoms with Crippen LogP contribution >= 0.6 is 11.9 Å². The van der Waals surface area contributed by atoms with Crippen LogP contribution in [-0.4, -0.2) is 52.7 Å². The minimum Gasteiger partial charge on any atom is -0.496 e. The van der Waals surface area contributed by atoms with Crippen LogP contribution in [-0.2, 0) is 0 Å². The highest BCUT2D eigenvalue weighted by molar-refractivity contribution is 8.00. The molecule has 0 radical (unpaired) electrons. The van der Waals surface area contributed by atoms with Gasteiger partial charge in [-0.3, -0.25) is 0 Å². The smallest absolute Gasteiger partial charge is 0.191 e. The van der Waals surface area contributed by atoms with Gasteiger partial charge in [-0.15, -0.1) is 0 Å². The van der Waals surface area contributed by atoms with Gasteiger partial charge < -0.3 is 33.7 Å². The number of aromatic nitrogens is 1. The highest BCUT2D eigenvalue weighted by atomic mass is 32.2. The van der Waals surface area contributed by atoms with Crippen molar-refractivity contribution in [2.24, 2.45) is 0 Å². The molecule has 1 fully saturated rings. The Labute approximate surface area is 208 Å². The Balaban J connectivity index is 1.45. The maximum absolute atomic E-state index is 5.76. The fourth-order valence-electron chi connectivity index (χ4n) is 4.26. The van der Waals surface area contributed by atoms with E-state index in [9.17, 15) is 0 Å². The van der Waals surface area contributed by atoms with E-state index in [4.69, 9.17) is 18.7 Å². The average molecular weight is 493 g/mol. The van der Waals surface area contributed by atoms with Gasteiger partial charge in [0.1, 0.15) is 27.5 Å². The largest absolute Gasteiger partial charge is 0.496 e. The first-order chi connectivity index (χ1) is 17.2. The standard InChI is InChI=1S/C26H28N4O4S/c1-31-20-8-5-9-21(32-2)25(20)35-29-26-24-22(33-3)15-18(16-23(24)34-28-26)17-6-4-7-19(14-17)30-12-10-27-11-13-30/h4-9,14-16,27H,10-13H2,1-3H3,(H,28,29). The van der Waals surface area contributed by atoms with Crippen LogP contribution in [0.25, 0.3) is 22.1 Å². The van der Waals surface area contributed by atoms with Gasteiger partial charge in [0, 0.05) is 31.9 Å². The average Bonchev–Trinajstić information content (AvgIpc) is 3.34. The molecule has 9 heteroatoms. The molecule has 1 aliphatic rings. The lowest BCUT2D eigenvalue weighted by atomic mass is 10.0. The van der Waals surface area contributed by atoms with Gasteiger partial charge >= 0.3 is 0 Å². The van der Waals surface area contributed by atoms with E-state index in [-0.39, 0.29) is 0 Å². The number of fused-ring (bicyclic) bond motifs is 1. The minimum absolute atomic E-state index is 0.566. The third kappa shape index (κ3) is 4.69. The minimum atomic E-state index is 0.566. The number of rotatable bonds is 8. The molecule has 182 valence electrons. The molecular weight excluding hydrogens is 464 g/mol. The lowest BCUT2D eigenvalue weighted by Gasteiger charge is -2.29. The molecule has 2 N–H and O–H groups in total. The second kappa shape index (κ2) is 10.4. The Morgan fingerprint density at radius 1 is 0.886 bits per heavy atom. The van der Waals surface area contributed by atoms with Crippen LogP contribution in [0.1, 0.15) is 0 Å². The lowest BCUT2D eigenvalue weighted by Crippen LogP contribution is -2.43. The number of anilines is 2. The van der Waals surface area contributed by atoms with Gasteiger partial charge in [-0.1, -0.05) is 23.4 Å². The van der Waals surface area contributed by atoms with Crippen molar-refractivity contribution in [1.29, 1.82) is 0 Å². The molecule has 0 atom stereocenters. The maximum Gasteiger partial charge on any atom is 0.191 e. The van der Waals surface area contributed by atoms with Crippen molar-refractivity contribution < 1.29 is 18.7 Å². The predicted molar refractivity (Wildman–Crippen MR) is 140 cm³/mol. The lowest BCUT2D eigenvalue weighted by molar-refractivity contribution is 0.376. The van der Waals surface area contributed by atoms with Crippen molar-refractivity contribution in [3.8, 4) is 28.4 Å². The van der Waals surface area contributed by atoms with Gasteiger partial charge in [0.2, 0.25) is 0 Å². The van der Waals surface area contributed by atoms with E-state index in [2.05, 4.69) is 44.4 Å². The van der Waals surface area contributed by atoms with Gasteiger partial charge in [-0.2, -0.15) is 0 Å². The number of hydrogen-bond acceptors (Lipinski definition) is 9. The number of hydrogen-bond donors (Lipinski definition) is 2. The Hall–Kier alpha value is -3.56. The molecule has 1 aromatic heterocycles. The van der Waals surface area contributed by atoms with Crippen molar-refractivity contribution in [2.45, 2.75) is 4.90 Å². The van der Waals surface area contributed by atoms with Crippen LogP contribution in [0.2, 0.25) is 0 Å². The summed E-state index contributed by atoms with van der Waals surface area (Å²) in [4.78, 5) is 3.21. The highest BCUT2D eigenvalue weighted by Gasteiger charge is 2.19. The third-order valence-corrected chi connectivity index (χ3v) is 6.95. The summed E-state index contributed by atoms with van der Waals surface area (Å²) in [6, 6.07) is 18.2. The Bertz CT molecular complexity index is 1300. The van der Waals surface area contributed by atoms with Gasteiger partial charge in [0.25, 0.3) is 0 Å². The molecule has 0 saturated carbocycles. The van der Waals surface area contributed by atoms with Crippen LogP contribution in [0.3, 0.4) is 0 Å². The van der Waals surface area contributed by atoms with E-state index >= 15 is 0 Å². The van der Waals surface area contributed by atoms with Gasteiger partial charge in [-0.05, 0) is 59.5 Å². The molecular formula is C26H28N4O4S. The summed E-state index contributed by atoms with van der Waals surface area (Å²) in [5.41, 5.74) is 3.96. The predicted octanol–water partition coefficient (Wildman–Crippen LogP) is 5.05. The number of nitrogens with zero attached hydrogens (tertiary/aromatic N) is 2. The summed E-state index contributed by atoms with van der Waals surface area (Å²) in [6.07, 6.45) is 0.